The van der Waals surface area contributed by atoms with Gasteiger partial charge >= 0.3 is 5.69 Å². The van der Waals surface area contributed by atoms with Crippen molar-refractivity contribution >= 4 is 32.7 Å². The Morgan fingerprint density at radius 2 is 1.94 bits per heavy atom. The van der Waals surface area contributed by atoms with E-state index in [4.69, 9.17) is 0 Å². The fourth-order valence-electron chi connectivity index (χ4n) is 1.79. The van der Waals surface area contributed by atoms with Crippen LogP contribution in [0.5, 0.6) is 0 Å². The van der Waals surface area contributed by atoms with Crippen LogP contribution in [0.2, 0.25) is 0 Å². The van der Waals surface area contributed by atoms with Crippen molar-refractivity contribution in [1.29, 1.82) is 0 Å². The minimum Gasteiger partial charge on any atom is -0.384 e. The van der Waals surface area contributed by atoms with Crippen LogP contribution in [-0.2, 0) is 0 Å². The van der Waals surface area contributed by atoms with E-state index in [2.05, 4.69) is 38.1 Å². The zero-order valence-corrected chi connectivity index (χ0v) is 11.4. The van der Waals surface area contributed by atoms with Crippen LogP contribution in [-0.4, -0.2) is 16.5 Å². The van der Waals surface area contributed by atoms with E-state index >= 15 is 0 Å². The van der Waals surface area contributed by atoms with Crippen LogP contribution in [0.1, 0.15) is 26.2 Å². The number of imidazole rings is 1. The molecule has 92 valence electrons. The van der Waals surface area contributed by atoms with Crippen LogP contribution >= 0.6 is 15.9 Å². The zero-order chi connectivity index (χ0) is 12.3. The van der Waals surface area contributed by atoms with Gasteiger partial charge in [0.1, 0.15) is 0 Å². The second kappa shape index (κ2) is 5.40. The van der Waals surface area contributed by atoms with Crippen LogP contribution in [0.25, 0.3) is 11.0 Å². The molecule has 0 aliphatic heterocycles. The van der Waals surface area contributed by atoms with Gasteiger partial charge in [-0.15, -0.1) is 0 Å². The molecule has 1 aromatic carbocycles. The summed E-state index contributed by atoms with van der Waals surface area (Å²) >= 11 is 3.50. The number of aromatic amines is 2. The molecule has 0 unspecified atom stereocenters. The van der Waals surface area contributed by atoms with E-state index in [0.717, 1.165) is 34.2 Å². The van der Waals surface area contributed by atoms with Gasteiger partial charge in [0.15, 0.2) is 0 Å². The highest BCUT2D eigenvalue weighted by Gasteiger charge is 2.04. The fraction of sp³-hybridized carbons (Fsp3) is 0.417. The zero-order valence-electron chi connectivity index (χ0n) is 9.77. The lowest BCUT2D eigenvalue weighted by Crippen LogP contribution is -2.01. The van der Waals surface area contributed by atoms with Crippen molar-refractivity contribution in [2.45, 2.75) is 26.2 Å². The Morgan fingerprint density at radius 1 is 1.24 bits per heavy atom. The number of aromatic nitrogens is 2. The Bertz CT molecular complexity index is 558. The molecular formula is C12H16BrN3O. The summed E-state index contributed by atoms with van der Waals surface area (Å²) in [6.07, 6.45) is 3.60. The standard InChI is InChI=1S/C12H16BrN3O/c1-2-3-4-5-14-9-7-11-10(6-8(9)13)15-12(17)16-11/h6-7,14H,2-5H2,1H3,(H2,15,16,17). The average molecular weight is 298 g/mol. The number of nitrogens with one attached hydrogen (secondary N) is 3. The number of anilines is 1. The molecule has 0 atom stereocenters. The molecule has 0 bridgehead atoms. The topological polar surface area (TPSA) is 60.7 Å². The highest BCUT2D eigenvalue weighted by Crippen LogP contribution is 2.26. The maximum Gasteiger partial charge on any atom is 0.323 e. The molecule has 0 aliphatic rings. The van der Waals surface area contributed by atoms with Crippen LogP contribution in [0.3, 0.4) is 0 Å². The van der Waals surface area contributed by atoms with Gasteiger partial charge in [-0.25, -0.2) is 4.79 Å². The number of hydrogen-bond donors (Lipinski definition) is 3. The third-order valence-electron chi connectivity index (χ3n) is 2.70. The van der Waals surface area contributed by atoms with Gasteiger partial charge in [-0.05, 0) is 34.5 Å². The predicted molar refractivity (Wildman–Crippen MR) is 74.6 cm³/mol. The summed E-state index contributed by atoms with van der Waals surface area (Å²) in [4.78, 5) is 16.7. The van der Waals surface area contributed by atoms with Crippen molar-refractivity contribution in [2.24, 2.45) is 0 Å². The minimum atomic E-state index is -0.171. The summed E-state index contributed by atoms with van der Waals surface area (Å²) in [5.41, 5.74) is 2.50. The number of benzene rings is 1. The van der Waals surface area contributed by atoms with Crippen LogP contribution < -0.4 is 11.0 Å². The van der Waals surface area contributed by atoms with Crippen molar-refractivity contribution in [3.8, 4) is 0 Å². The molecule has 17 heavy (non-hydrogen) atoms. The summed E-state index contributed by atoms with van der Waals surface area (Å²) in [6.45, 7) is 3.14. The third kappa shape index (κ3) is 2.91. The molecule has 2 aromatic rings. The SMILES string of the molecule is CCCCCNc1cc2[nH]c(=O)[nH]c2cc1Br. The Kier molecular flexibility index (Phi) is 3.89. The quantitative estimate of drug-likeness (QED) is 0.742. The molecule has 5 heteroatoms. The molecule has 1 aromatic heterocycles. The lowest BCUT2D eigenvalue weighted by atomic mass is 10.2. The van der Waals surface area contributed by atoms with Crippen molar-refractivity contribution in [3.05, 3.63) is 27.1 Å². The van der Waals surface area contributed by atoms with Gasteiger partial charge in [-0.1, -0.05) is 19.8 Å². The molecule has 0 aliphatic carbocycles. The Labute approximate surface area is 108 Å². The van der Waals surface area contributed by atoms with Gasteiger partial charge in [0.2, 0.25) is 0 Å². The molecular weight excluding hydrogens is 282 g/mol. The largest absolute Gasteiger partial charge is 0.384 e. The molecule has 0 saturated carbocycles. The highest BCUT2D eigenvalue weighted by atomic mass is 79.9. The molecule has 0 saturated heterocycles. The number of unbranched alkanes of at least 4 members (excludes halogenated alkanes) is 2. The van der Waals surface area contributed by atoms with Crippen LogP contribution in [0.15, 0.2) is 21.4 Å². The number of rotatable bonds is 5. The molecule has 1 heterocycles. The van der Waals surface area contributed by atoms with Gasteiger partial charge in [0.05, 0.1) is 16.7 Å². The second-order valence-electron chi connectivity index (χ2n) is 4.09. The Hall–Kier alpha value is -1.23. The summed E-state index contributed by atoms with van der Waals surface area (Å²) in [7, 11) is 0. The maximum absolute atomic E-state index is 11.2. The number of fused-ring (bicyclic) bond motifs is 1. The third-order valence-corrected chi connectivity index (χ3v) is 3.36. The number of halogens is 1. The molecule has 0 amide bonds. The maximum atomic E-state index is 11.2. The van der Waals surface area contributed by atoms with Gasteiger partial charge in [-0.3, -0.25) is 0 Å². The van der Waals surface area contributed by atoms with E-state index in [1.54, 1.807) is 0 Å². The van der Waals surface area contributed by atoms with Gasteiger partial charge in [-0.2, -0.15) is 0 Å². The molecule has 0 spiro atoms. The Balaban J connectivity index is 2.16. The molecule has 4 nitrogen and oxygen atoms in total. The smallest absolute Gasteiger partial charge is 0.323 e. The van der Waals surface area contributed by atoms with Crippen LogP contribution in [0.4, 0.5) is 5.69 Å². The molecule has 0 fully saturated rings. The lowest BCUT2D eigenvalue weighted by molar-refractivity contribution is 0.743. The van der Waals surface area contributed by atoms with Crippen molar-refractivity contribution < 1.29 is 0 Å². The number of hydrogen-bond acceptors (Lipinski definition) is 2. The average Bonchev–Trinajstić information content (AvgIpc) is 2.63. The van der Waals surface area contributed by atoms with E-state index in [9.17, 15) is 4.79 Å². The first-order valence-corrected chi connectivity index (χ1v) is 6.65. The summed E-state index contributed by atoms with van der Waals surface area (Å²) in [5, 5.41) is 3.37. The van der Waals surface area contributed by atoms with E-state index in [1.807, 2.05) is 12.1 Å². The van der Waals surface area contributed by atoms with Crippen molar-refractivity contribution in [3.63, 3.8) is 0 Å². The monoisotopic (exact) mass is 297 g/mol. The van der Waals surface area contributed by atoms with Gasteiger partial charge < -0.3 is 15.3 Å². The van der Waals surface area contributed by atoms with Crippen LogP contribution in [0, 0.1) is 0 Å². The van der Waals surface area contributed by atoms with E-state index < -0.39 is 0 Å². The lowest BCUT2D eigenvalue weighted by Gasteiger charge is -2.08. The van der Waals surface area contributed by atoms with Crippen molar-refractivity contribution in [1.82, 2.24) is 9.97 Å². The van der Waals surface area contributed by atoms with E-state index in [1.165, 1.54) is 12.8 Å². The minimum absolute atomic E-state index is 0.171. The first-order chi connectivity index (χ1) is 8.20. The second-order valence-corrected chi connectivity index (χ2v) is 4.94. The Morgan fingerprint density at radius 3 is 2.65 bits per heavy atom. The summed E-state index contributed by atoms with van der Waals surface area (Å²) < 4.78 is 0.969. The van der Waals surface area contributed by atoms with Crippen molar-refractivity contribution in [2.75, 3.05) is 11.9 Å². The predicted octanol–water partition coefficient (Wildman–Crippen LogP) is 3.22. The summed E-state index contributed by atoms with van der Waals surface area (Å²) in [5.74, 6) is 0. The van der Waals surface area contributed by atoms with E-state index in [-0.39, 0.29) is 5.69 Å². The molecule has 2 rings (SSSR count). The fourth-order valence-corrected chi connectivity index (χ4v) is 2.27. The highest BCUT2D eigenvalue weighted by molar-refractivity contribution is 9.10. The summed E-state index contributed by atoms with van der Waals surface area (Å²) in [6, 6.07) is 3.86. The molecule has 0 radical (unpaired) electrons. The molecule has 3 N–H and O–H groups in total. The van der Waals surface area contributed by atoms with E-state index in [0.29, 0.717) is 0 Å². The first kappa shape index (κ1) is 12.2. The van der Waals surface area contributed by atoms with Gasteiger partial charge in [0.25, 0.3) is 0 Å². The van der Waals surface area contributed by atoms with Gasteiger partial charge in [0, 0.05) is 11.0 Å². The number of H-pyrrole nitrogens is 2. The normalized spacial score (nSPS) is 10.9. The first-order valence-electron chi connectivity index (χ1n) is 5.86.